The first-order valence-electron chi connectivity index (χ1n) is 5.62. The minimum Gasteiger partial charge on any atom is -0.308 e. The molecule has 100 valence electrons. The standard InChI is InChI=1S/C14H9Cl2N3O/c15-9-4-6-10(7-5-9)18-14(20)19-13-3-1-2-12(16)11(13)8-17/h1-7H,(H2,18,19,20). The summed E-state index contributed by atoms with van der Waals surface area (Å²) in [5, 5.41) is 15.1. The minimum absolute atomic E-state index is 0.223. The van der Waals surface area contributed by atoms with Crippen LogP contribution in [0.25, 0.3) is 0 Å². The Morgan fingerprint density at radius 2 is 1.75 bits per heavy atom. The summed E-state index contributed by atoms with van der Waals surface area (Å²) in [4.78, 5) is 11.8. The predicted octanol–water partition coefficient (Wildman–Crippen LogP) is 4.51. The lowest BCUT2D eigenvalue weighted by Crippen LogP contribution is -2.20. The molecule has 2 rings (SSSR count). The maximum Gasteiger partial charge on any atom is 0.323 e. The molecule has 0 aliphatic carbocycles. The van der Waals surface area contributed by atoms with Gasteiger partial charge in [-0.15, -0.1) is 0 Å². The number of nitrogens with one attached hydrogen (secondary N) is 2. The number of halogens is 2. The van der Waals surface area contributed by atoms with Gasteiger partial charge in [-0.2, -0.15) is 5.26 Å². The number of amides is 2. The van der Waals surface area contributed by atoms with Gasteiger partial charge in [-0.05, 0) is 36.4 Å². The minimum atomic E-state index is -0.467. The molecule has 0 spiro atoms. The fourth-order valence-corrected chi connectivity index (χ4v) is 1.90. The van der Waals surface area contributed by atoms with Crippen LogP contribution in [0.2, 0.25) is 10.0 Å². The monoisotopic (exact) mass is 305 g/mol. The van der Waals surface area contributed by atoms with Crippen LogP contribution in [-0.2, 0) is 0 Å². The van der Waals surface area contributed by atoms with Crippen LogP contribution in [-0.4, -0.2) is 6.03 Å². The Bertz CT molecular complexity index is 678. The summed E-state index contributed by atoms with van der Waals surface area (Å²) in [6.45, 7) is 0. The molecule has 20 heavy (non-hydrogen) atoms. The fourth-order valence-electron chi connectivity index (χ4n) is 1.56. The number of hydrogen-bond donors (Lipinski definition) is 2. The normalized spacial score (nSPS) is 9.65. The van der Waals surface area contributed by atoms with Crippen LogP contribution in [0.3, 0.4) is 0 Å². The second kappa shape index (κ2) is 6.29. The molecule has 0 aromatic heterocycles. The van der Waals surface area contributed by atoms with Crippen LogP contribution in [0.4, 0.5) is 16.2 Å². The van der Waals surface area contributed by atoms with Gasteiger partial charge in [-0.25, -0.2) is 4.79 Å². The highest BCUT2D eigenvalue weighted by molar-refractivity contribution is 6.32. The van der Waals surface area contributed by atoms with Gasteiger partial charge in [0.2, 0.25) is 0 Å². The third-order valence-corrected chi connectivity index (χ3v) is 3.04. The summed E-state index contributed by atoms with van der Waals surface area (Å²) in [7, 11) is 0. The first kappa shape index (κ1) is 14.2. The maximum absolute atomic E-state index is 11.8. The zero-order chi connectivity index (χ0) is 14.5. The van der Waals surface area contributed by atoms with E-state index in [1.807, 2.05) is 6.07 Å². The molecule has 0 bridgehead atoms. The van der Waals surface area contributed by atoms with E-state index in [0.29, 0.717) is 16.4 Å². The van der Waals surface area contributed by atoms with Crippen molar-refractivity contribution in [2.24, 2.45) is 0 Å². The Kier molecular flexibility index (Phi) is 4.46. The molecule has 0 saturated heterocycles. The van der Waals surface area contributed by atoms with Crippen molar-refractivity contribution in [3.8, 4) is 6.07 Å². The van der Waals surface area contributed by atoms with Crippen LogP contribution in [0.1, 0.15) is 5.56 Å². The maximum atomic E-state index is 11.8. The number of nitrogens with zero attached hydrogens (tertiary/aromatic N) is 1. The number of rotatable bonds is 2. The van der Waals surface area contributed by atoms with Gasteiger partial charge < -0.3 is 10.6 Å². The van der Waals surface area contributed by atoms with Gasteiger partial charge in [-0.1, -0.05) is 29.3 Å². The molecule has 4 nitrogen and oxygen atoms in total. The van der Waals surface area contributed by atoms with E-state index < -0.39 is 6.03 Å². The van der Waals surface area contributed by atoms with Gasteiger partial charge in [0.25, 0.3) is 0 Å². The summed E-state index contributed by atoms with van der Waals surface area (Å²) in [6.07, 6.45) is 0. The Balaban J connectivity index is 2.11. The van der Waals surface area contributed by atoms with E-state index in [-0.39, 0.29) is 10.6 Å². The quantitative estimate of drug-likeness (QED) is 0.857. The molecule has 2 N–H and O–H groups in total. The Hall–Kier alpha value is -2.22. The molecule has 6 heteroatoms. The third-order valence-electron chi connectivity index (χ3n) is 2.48. The lowest BCUT2D eigenvalue weighted by molar-refractivity contribution is 0.262. The molecule has 2 aromatic carbocycles. The van der Waals surface area contributed by atoms with E-state index in [9.17, 15) is 4.79 Å². The summed E-state index contributed by atoms with van der Waals surface area (Å²) < 4.78 is 0. The van der Waals surface area contributed by atoms with Crippen LogP contribution >= 0.6 is 23.2 Å². The van der Waals surface area contributed by atoms with Crippen molar-refractivity contribution in [2.45, 2.75) is 0 Å². The lowest BCUT2D eigenvalue weighted by Gasteiger charge is -2.09. The molecule has 0 unspecified atom stereocenters. The number of benzene rings is 2. The Morgan fingerprint density at radius 3 is 2.40 bits per heavy atom. The van der Waals surface area contributed by atoms with Crippen LogP contribution in [0.5, 0.6) is 0 Å². The SMILES string of the molecule is N#Cc1c(Cl)cccc1NC(=O)Nc1ccc(Cl)cc1. The molecular weight excluding hydrogens is 297 g/mol. The molecule has 2 aromatic rings. The van der Waals surface area contributed by atoms with Gasteiger partial charge in [0, 0.05) is 10.7 Å². The van der Waals surface area contributed by atoms with Crippen molar-refractivity contribution in [3.05, 3.63) is 58.1 Å². The second-order valence-corrected chi connectivity index (χ2v) is 4.70. The number of urea groups is 1. The van der Waals surface area contributed by atoms with Crippen molar-refractivity contribution >= 4 is 40.6 Å². The first-order valence-corrected chi connectivity index (χ1v) is 6.38. The highest BCUT2D eigenvalue weighted by atomic mass is 35.5. The smallest absolute Gasteiger partial charge is 0.308 e. The number of anilines is 2. The van der Waals surface area contributed by atoms with Gasteiger partial charge in [-0.3, -0.25) is 0 Å². The van der Waals surface area contributed by atoms with Crippen LogP contribution in [0, 0.1) is 11.3 Å². The van der Waals surface area contributed by atoms with Gasteiger partial charge >= 0.3 is 6.03 Å². The number of carbonyl (C=O) groups excluding carboxylic acids is 1. The molecule has 0 heterocycles. The Morgan fingerprint density at radius 1 is 1.05 bits per heavy atom. The van der Waals surface area contributed by atoms with Crippen molar-refractivity contribution in [3.63, 3.8) is 0 Å². The van der Waals surface area contributed by atoms with E-state index in [2.05, 4.69) is 10.6 Å². The zero-order valence-electron chi connectivity index (χ0n) is 10.2. The molecule has 2 amide bonds. The Labute approximate surface area is 125 Å². The second-order valence-electron chi connectivity index (χ2n) is 3.86. The highest BCUT2D eigenvalue weighted by Gasteiger charge is 2.09. The largest absolute Gasteiger partial charge is 0.323 e. The fraction of sp³-hybridized carbons (Fsp3) is 0. The molecule has 0 fully saturated rings. The molecule has 0 aliphatic heterocycles. The average Bonchev–Trinajstić information content (AvgIpc) is 2.42. The summed E-state index contributed by atoms with van der Waals surface area (Å²) in [5.41, 5.74) is 1.17. The van der Waals surface area contributed by atoms with Crippen molar-refractivity contribution in [1.29, 1.82) is 5.26 Å². The van der Waals surface area contributed by atoms with Gasteiger partial charge in [0.05, 0.1) is 16.3 Å². The van der Waals surface area contributed by atoms with Crippen LogP contribution < -0.4 is 10.6 Å². The van der Waals surface area contributed by atoms with Crippen LogP contribution in [0.15, 0.2) is 42.5 Å². The number of hydrogen-bond acceptors (Lipinski definition) is 2. The highest BCUT2D eigenvalue weighted by Crippen LogP contribution is 2.23. The van der Waals surface area contributed by atoms with Gasteiger partial charge in [0.1, 0.15) is 6.07 Å². The van der Waals surface area contributed by atoms with Crippen molar-refractivity contribution < 1.29 is 4.79 Å². The molecular formula is C14H9Cl2N3O. The molecule has 0 aliphatic rings. The predicted molar refractivity (Wildman–Crippen MR) is 80.3 cm³/mol. The van der Waals surface area contributed by atoms with Crippen molar-refractivity contribution in [2.75, 3.05) is 10.6 Å². The lowest BCUT2D eigenvalue weighted by atomic mass is 10.2. The van der Waals surface area contributed by atoms with Crippen molar-refractivity contribution in [1.82, 2.24) is 0 Å². The molecule has 0 saturated carbocycles. The number of carbonyl (C=O) groups is 1. The summed E-state index contributed by atoms with van der Waals surface area (Å²) in [5.74, 6) is 0. The van der Waals surface area contributed by atoms with E-state index in [4.69, 9.17) is 28.5 Å². The average molecular weight is 306 g/mol. The van der Waals surface area contributed by atoms with E-state index in [0.717, 1.165) is 0 Å². The summed E-state index contributed by atoms with van der Waals surface area (Å²) >= 11 is 11.6. The summed E-state index contributed by atoms with van der Waals surface area (Å²) in [6, 6.07) is 13.0. The topological polar surface area (TPSA) is 64.9 Å². The number of nitriles is 1. The van der Waals surface area contributed by atoms with E-state index in [1.54, 1.807) is 42.5 Å². The molecule has 0 radical (unpaired) electrons. The van der Waals surface area contributed by atoms with Gasteiger partial charge in [0.15, 0.2) is 0 Å². The van der Waals surface area contributed by atoms with E-state index in [1.165, 1.54) is 0 Å². The molecule has 0 atom stereocenters. The first-order chi connectivity index (χ1) is 9.60. The van der Waals surface area contributed by atoms with E-state index >= 15 is 0 Å². The third kappa shape index (κ3) is 3.41. The zero-order valence-corrected chi connectivity index (χ0v) is 11.7.